The number of hydrogen-bond acceptors (Lipinski definition) is 5. The molecule has 4 atom stereocenters. The Balaban J connectivity index is 1.75. The molecule has 0 bridgehead atoms. The molecule has 25 heavy (non-hydrogen) atoms. The summed E-state index contributed by atoms with van der Waals surface area (Å²) < 4.78 is 10.4. The van der Waals surface area contributed by atoms with Gasteiger partial charge in [-0.1, -0.05) is 46.3 Å². The van der Waals surface area contributed by atoms with Gasteiger partial charge in [-0.2, -0.15) is 0 Å². The molecule has 1 aliphatic heterocycles. The minimum absolute atomic E-state index is 0.102. The number of benzene rings is 1. The predicted molar refractivity (Wildman–Crippen MR) is 92.6 cm³/mol. The van der Waals surface area contributed by atoms with Gasteiger partial charge >= 0.3 is 6.09 Å². The van der Waals surface area contributed by atoms with Gasteiger partial charge in [0.15, 0.2) is 12.3 Å². The van der Waals surface area contributed by atoms with Gasteiger partial charge in [-0.25, -0.2) is 4.79 Å². The molecule has 136 valence electrons. The Labute approximate surface area is 153 Å². The van der Waals surface area contributed by atoms with Crippen LogP contribution in [0.4, 0.5) is 4.79 Å². The van der Waals surface area contributed by atoms with E-state index in [1.807, 2.05) is 30.3 Å². The van der Waals surface area contributed by atoms with Crippen molar-refractivity contribution in [3.05, 3.63) is 35.9 Å². The van der Waals surface area contributed by atoms with E-state index in [0.717, 1.165) is 5.56 Å². The number of alkyl carbamates (subject to hydrolysis) is 1. The Bertz CT molecular complexity index is 625. The number of carbonyl (C=O) groups excluding carboxylic acids is 3. The van der Waals surface area contributed by atoms with Crippen LogP contribution in [0.5, 0.6) is 0 Å². The van der Waals surface area contributed by atoms with Gasteiger partial charge in [0.25, 0.3) is 0 Å². The molecule has 3 N–H and O–H groups in total. The molecule has 0 aliphatic carbocycles. The fourth-order valence-corrected chi connectivity index (χ4v) is 2.33. The fourth-order valence-electron chi connectivity index (χ4n) is 2.10. The lowest BCUT2D eigenvalue weighted by atomic mass is 10.1. The quantitative estimate of drug-likeness (QED) is 0.456. The Morgan fingerprint density at radius 3 is 2.56 bits per heavy atom. The smallest absolute Gasteiger partial charge is 0.408 e. The summed E-state index contributed by atoms with van der Waals surface area (Å²) in [5, 5.41) is 7.21. The number of alkyl halides is 1. The van der Waals surface area contributed by atoms with Crippen LogP contribution in [0.1, 0.15) is 19.4 Å². The van der Waals surface area contributed by atoms with Crippen LogP contribution in [0, 0.1) is 0 Å². The van der Waals surface area contributed by atoms with Crippen LogP contribution >= 0.6 is 15.9 Å². The molecule has 1 aromatic carbocycles. The minimum Gasteiger partial charge on any atom is -0.445 e. The van der Waals surface area contributed by atoms with Crippen LogP contribution in [0.25, 0.3) is 0 Å². The van der Waals surface area contributed by atoms with Crippen LogP contribution in [0.3, 0.4) is 0 Å². The average molecular weight is 414 g/mol. The summed E-state index contributed by atoms with van der Waals surface area (Å²) in [5.74, 6) is -0.849. The summed E-state index contributed by atoms with van der Waals surface area (Å²) in [6.07, 6.45) is -1.32. The zero-order valence-corrected chi connectivity index (χ0v) is 15.4. The molecule has 1 aliphatic rings. The van der Waals surface area contributed by atoms with E-state index < -0.39 is 30.3 Å². The Morgan fingerprint density at radius 2 is 1.96 bits per heavy atom. The number of nitrogens with one attached hydrogen (secondary N) is 3. The second-order valence-electron chi connectivity index (χ2n) is 5.52. The van der Waals surface area contributed by atoms with Crippen molar-refractivity contribution in [1.82, 2.24) is 16.0 Å². The lowest BCUT2D eigenvalue weighted by molar-refractivity contribution is -0.151. The summed E-state index contributed by atoms with van der Waals surface area (Å²) in [7, 11) is 0. The molecule has 0 spiro atoms. The van der Waals surface area contributed by atoms with E-state index in [0.29, 0.717) is 0 Å². The van der Waals surface area contributed by atoms with Crippen LogP contribution in [-0.4, -0.2) is 41.2 Å². The third-order valence-corrected chi connectivity index (χ3v) is 3.66. The number of β-lactam (4-membered cyclic amide) rings is 1. The molecule has 1 fully saturated rings. The second-order valence-corrected chi connectivity index (χ2v) is 6.81. The van der Waals surface area contributed by atoms with Crippen LogP contribution < -0.4 is 16.0 Å². The van der Waals surface area contributed by atoms with Gasteiger partial charge in [0, 0.05) is 0 Å². The molecule has 3 amide bonds. The van der Waals surface area contributed by atoms with E-state index in [1.165, 1.54) is 6.92 Å². The Kier molecular flexibility index (Phi) is 6.77. The SMILES string of the molecule is CC(Br)O[C@H]1NC(=O)[C@H]1NC(=O)[C@H](C)NC(=O)OCc1ccccc1. The van der Waals surface area contributed by atoms with Crippen LogP contribution in [-0.2, 0) is 25.7 Å². The van der Waals surface area contributed by atoms with Crippen molar-refractivity contribution >= 4 is 33.8 Å². The largest absolute Gasteiger partial charge is 0.445 e. The molecular weight excluding hydrogens is 394 g/mol. The highest BCUT2D eigenvalue weighted by Gasteiger charge is 2.42. The maximum atomic E-state index is 12.1. The summed E-state index contributed by atoms with van der Waals surface area (Å²) >= 11 is 3.20. The summed E-state index contributed by atoms with van der Waals surface area (Å²) in [6.45, 7) is 3.35. The van der Waals surface area contributed by atoms with Gasteiger partial charge in [0.2, 0.25) is 11.8 Å². The first kappa shape index (κ1) is 19.2. The molecular formula is C16H20BrN3O5. The van der Waals surface area contributed by atoms with Crippen molar-refractivity contribution in [2.24, 2.45) is 0 Å². The van der Waals surface area contributed by atoms with Gasteiger partial charge in [0.1, 0.15) is 17.7 Å². The minimum atomic E-state index is -0.862. The van der Waals surface area contributed by atoms with E-state index in [9.17, 15) is 14.4 Å². The third-order valence-electron chi connectivity index (χ3n) is 3.44. The standard InChI is InChI=1S/C16H20BrN3O5/c1-9(18-16(23)24-8-11-6-4-3-5-7-11)13(21)19-12-14(22)20-15(12)25-10(2)17/h3-7,9-10,12,15H,8H2,1-2H3,(H,18,23)(H,19,21)(H,20,22)/t9-,10?,12+,15+/m0/s1. The molecule has 1 aromatic rings. The molecule has 9 heteroatoms. The maximum Gasteiger partial charge on any atom is 0.408 e. The van der Waals surface area contributed by atoms with E-state index in [4.69, 9.17) is 9.47 Å². The highest BCUT2D eigenvalue weighted by atomic mass is 79.9. The molecule has 0 saturated carbocycles. The molecule has 1 heterocycles. The van der Waals surface area contributed by atoms with Crippen LogP contribution in [0.2, 0.25) is 0 Å². The summed E-state index contributed by atoms with van der Waals surface area (Å²) in [5.41, 5.74) is 0.838. The van der Waals surface area contributed by atoms with Crippen molar-refractivity contribution < 1.29 is 23.9 Å². The van der Waals surface area contributed by atoms with Crippen molar-refractivity contribution in [3.63, 3.8) is 0 Å². The fraction of sp³-hybridized carbons (Fsp3) is 0.438. The van der Waals surface area contributed by atoms with Crippen molar-refractivity contribution in [3.8, 4) is 0 Å². The van der Waals surface area contributed by atoms with Crippen molar-refractivity contribution in [1.29, 1.82) is 0 Å². The molecule has 8 nitrogen and oxygen atoms in total. The number of rotatable bonds is 7. The first-order valence-electron chi connectivity index (χ1n) is 7.74. The Hall–Kier alpha value is -2.13. The average Bonchev–Trinajstić information content (AvgIpc) is 2.57. The first-order chi connectivity index (χ1) is 11.9. The van der Waals surface area contributed by atoms with Gasteiger partial charge in [0.05, 0.1) is 0 Å². The van der Waals surface area contributed by atoms with Gasteiger partial charge in [-0.3, -0.25) is 9.59 Å². The normalized spacial score (nSPS) is 21.3. The zero-order chi connectivity index (χ0) is 18.4. The predicted octanol–water partition coefficient (Wildman–Crippen LogP) is 0.999. The monoisotopic (exact) mass is 413 g/mol. The Morgan fingerprint density at radius 1 is 1.28 bits per heavy atom. The van der Waals surface area contributed by atoms with E-state index in [-0.39, 0.29) is 17.5 Å². The maximum absolute atomic E-state index is 12.1. The second kappa shape index (κ2) is 8.82. The molecule has 2 rings (SSSR count). The molecule has 0 radical (unpaired) electrons. The van der Waals surface area contributed by atoms with E-state index >= 15 is 0 Å². The van der Waals surface area contributed by atoms with E-state index in [1.54, 1.807) is 6.92 Å². The third kappa shape index (κ3) is 5.71. The van der Waals surface area contributed by atoms with E-state index in [2.05, 4.69) is 31.9 Å². The molecule has 0 aromatic heterocycles. The number of carbonyl (C=O) groups is 3. The highest BCUT2D eigenvalue weighted by Crippen LogP contribution is 2.13. The molecule has 1 unspecified atom stereocenters. The number of amides is 3. The summed E-state index contributed by atoms with van der Waals surface area (Å²) in [6, 6.07) is 7.52. The van der Waals surface area contributed by atoms with Gasteiger partial charge < -0.3 is 25.4 Å². The summed E-state index contributed by atoms with van der Waals surface area (Å²) in [4.78, 5) is 35.4. The first-order valence-corrected chi connectivity index (χ1v) is 8.66. The number of hydrogen-bond donors (Lipinski definition) is 3. The molecule has 1 saturated heterocycles. The lowest BCUT2D eigenvalue weighted by Gasteiger charge is -2.37. The van der Waals surface area contributed by atoms with Crippen molar-refractivity contribution in [2.75, 3.05) is 0 Å². The lowest BCUT2D eigenvalue weighted by Crippen LogP contribution is -2.71. The van der Waals surface area contributed by atoms with Crippen LogP contribution in [0.15, 0.2) is 30.3 Å². The van der Waals surface area contributed by atoms with Gasteiger partial charge in [-0.05, 0) is 19.4 Å². The topological polar surface area (TPSA) is 106 Å². The zero-order valence-electron chi connectivity index (χ0n) is 13.8. The number of halogens is 1. The van der Waals surface area contributed by atoms with Gasteiger partial charge in [-0.15, -0.1) is 0 Å². The number of ether oxygens (including phenoxy) is 2. The highest BCUT2D eigenvalue weighted by molar-refractivity contribution is 9.09. The van der Waals surface area contributed by atoms with Crippen molar-refractivity contribution in [2.45, 2.75) is 43.8 Å².